The molecule has 0 unspecified atom stereocenters. The molecule has 1 rings (SSSR count). The van der Waals surface area contributed by atoms with Gasteiger partial charge in [0.1, 0.15) is 5.75 Å². The van der Waals surface area contributed by atoms with E-state index in [-0.39, 0.29) is 0 Å². The summed E-state index contributed by atoms with van der Waals surface area (Å²) in [5.41, 5.74) is 6.21. The van der Waals surface area contributed by atoms with Gasteiger partial charge in [0.15, 0.2) is 0 Å². The lowest BCUT2D eigenvalue weighted by Crippen LogP contribution is -1.94. The highest BCUT2D eigenvalue weighted by Gasteiger charge is 2.08. The fraction of sp³-hybridized carbons (Fsp3) is 0.375. The van der Waals surface area contributed by atoms with Crippen LogP contribution >= 0.6 is 0 Å². The van der Waals surface area contributed by atoms with Gasteiger partial charge in [-0.1, -0.05) is 34.9 Å². The predicted molar refractivity (Wildman–Crippen MR) is 114 cm³/mol. The Labute approximate surface area is 163 Å². The van der Waals surface area contributed by atoms with Crippen LogP contribution in [-0.4, -0.2) is 16.2 Å². The number of aromatic hydroxyl groups is 1. The summed E-state index contributed by atoms with van der Waals surface area (Å²) in [6, 6.07) is 3.71. The highest BCUT2D eigenvalue weighted by molar-refractivity contribution is 5.85. The van der Waals surface area contributed by atoms with Gasteiger partial charge in [0.25, 0.3) is 0 Å². The number of carbonyl (C=O) groups is 1. The third kappa shape index (κ3) is 9.09. The average Bonchev–Trinajstić information content (AvgIpc) is 2.57. The number of benzene rings is 1. The molecule has 0 amide bonds. The van der Waals surface area contributed by atoms with Crippen molar-refractivity contribution in [3.05, 3.63) is 69.8 Å². The maximum absolute atomic E-state index is 10.8. The van der Waals surface area contributed by atoms with Gasteiger partial charge >= 0.3 is 5.97 Å². The molecule has 0 aromatic heterocycles. The summed E-state index contributed by atoms with van der Waals surface area (Å²) in [6.07, 6.45) is 12.4. The van der Waals surface area contributed by atoms with Crippen LogP contribution in [0.4, 0.5) is 0 Å². The number of rotatable bonds is 9. The van der Waals surface area contributed by atoms with Crippen LogP contribution < -0.4 is 0 Å². The van der Waals surface area contributed by atoms with E-state index in [9.17, 15) is 9.90 Å². The van der Waals surface area contributed by atoms with E-state index in [1.165, 1.54) is 16.7 Å². The number of hydrogen-bond donors (Lipinski definition) is 2. The summed E-state index contributed by atoms with van der Waals surface area (Å²) in [4.78, 5) is 10.8. The molecule has 0 fully saturated rings. The second-order valence-electron chi connectivity index (χ2n) is 7.42. The third-order valence-corrected chi connectivity index (χ3v) is 4.20. The number of phenols is 1. The van der Waals surface area contributed by atoms with Crippen molar-refractivity contribution in [3.63, 3.8) is 0 Å². The second-order valence-corrected chi connectivity index (χ2v) is 7.42. The number of carboxylic acid groups (broad SMARTS) is 1. The molecule has 1 aromatic rings. The molecule has 146 valence electrons. The maximum Gasteiger partial charge on any atom is 0.328 e. The van der Waals surface area contributed by atoms with Crippen LogP contribution in [0.15, 0.2) is 53.2 Å². The smallest absolute Gasteiger partial charge is 0.328 e. The van der Waals surface area contributed by atoms with E-state index >= 15 is 0 Å². The predicted octanol–water partition coefficient (Wildman–Crippen LogP) is 6.23. The highest BCUT2D eigenvalue weighted by atomic mass is 16.4. The summed E-state index contributed by atoms with van der Waals surface area (Å²) >= 11 is 0. The molecule has 27 heavy (non-hydrogen) atoms. The molecule has 3 nitrogen and oxygen atoms in total. The fourth-order valence-electron chi connectivity index (χ4n) is 2.65. The van der Waals surface area contributed by atoms with Gasteiger partial charge in [-0.25, -0.2) is 4.79 Å². The van der Waals surface area contributed by atoms with E-state index in [0.717, 1.165) is 35.6 Å². The third-order valence-electron chi connectivity index (χ3n) is 4.20. The van der Waals surface area contributed by atoms with Gasteiger partial charge in [-0.15, -0.1) is 0 Å². The molecule has 0 aliphatic heterocycles. The van der Waals surface area contributed by atoms with Gasteiger partial charge < -0.3 is 10.2 Å². The van der Waals surface area contributed by atoms with E-state index in [1.807, 2.05) is 26.0 Å². The zero-order chi connectivity index (χ0) is 20.4. The number of hydrogen-bond acceptors (Lipinski definition) is 2. The second kappa shape index (κ2) is 11.2. The number of carboxylic acids is 1. The minimum Gasteiger partial charge on any atom is -0.507 e. The quantitative estimate of drug-likeness (QED) is 0.401. The van der Waals surface area contributed by atoms with Crippen LogP contribution in [-0.2, 0) is 17.6 Å². The van der Waals surface area contributed by atoms with Gasteiger partial charge in [0, 0.05) is 6.08 Å². The van der Waals surface area contributed by atoms with Gasteiger partial charge in [-0.2, -0.15) is 0 Å². The molecule has 0 heterocycles. The Balaban J connectivity index is 3.09. The van der Waals surface area contributed by atoms with E-state index < -0.39 is 5.97 Å². The Hall–Kier alpha value is -2.55. The Morgan fingerprint density at radius 3 is 2.00 bits per heavy atom. The van der Waals surface area contributed by atoms with Crippen LogP contribution in [0.1, 0.15) is 64.2 Å². The summed E-state index contributed by atoms with van der Waals surface area (Å²) in [6.45, 7) is 10.3. The zero-order valence-corrected chi connectivity index (χ0v) is 17.2. The Morgan fingerprint density at radius 1 is 0.926 bits per heavy atom. The molecule has 0 spiro atoms. The summed E-state index contributed by atoms with van der Waals surface area (Å²) in [5, 5.41) is 19.5. The number of aliphatic carboxylic acids is 1. The van der Waals surface area contributed by atoms with Crippen LogP contribution in [0.3, 0.4) is 0 Å². The molecule has 0 radical (unpaired) electrons. The van der Waals surface area contributed by atoms with Gasteiger partial charge in [0.05, 0.1) is 0 Å². The van der Waals surface area contributed by atoms with Crippen molar-refractivity contribution in [2.24, 2.45) is 0 Å². The molecule has 0 saturated heterocycles. The average molecular weight is 369 g/mol. The summed E-state index contributed by atoms with van der Waals surface area (Å²) in [7, 11) is 0. The minimum absolute atomic E-state index is 0.299. The monoisotopic (exact) mass is 368 g/mol. The standard InChI is InChI=1S/C24H32O3/c1-17(2)7-6-8-19(5)10-13-22-16-20(11-14-23(25)26)15-21(24(22)27)12-9-18(3)4/h7,9-11,14-16,27H,6,8,12-13H2,1-5H3,(H,25,26)/b14-11+,19-10+. The number of phenolic OH excluding ortho intramolecular Hbond substituents is 1. The van der Waals surface area contributed by atoms with E-state index in [0.29, 0.717) is 18.6 Å². The Morgan fingerprint density at radius 2 is 1.48 bits per heavy atom. The lowest BCUT2D eigenvalue weighted by Gasteiger charge is -2.10. The minimum atomic E-state index is -0.981. The van der Waals surface area contributed by atoms with Crippen molar-refractivity contribution >= 4 is 12.0 Å². The normalized spacial score (nSPS) is 11.5. The van der Waals surface area contributed by atoms with Crippen molar-refractivity contribution in [1.82, 2.24) is 0 Å². The molecule has 2 N–H and O–H groups in total. The first-order valence-electron chi connectivity index (χ1n) is 9.37. The lowest BCUT2D eigenvalue weighted by molar-refractivity contribution is -0.131. The van der Waals surface area contributed by atoms with E-state index in [2.05, 4.69) is 39.0 Å². The van der Waals surface area contributed by atoms with Crippen LogP contribution in [0.5, 0.6) is 5.75 Å². The van der Waals surface area contributed by atoms with E-state index in [1.54, 1.807) is 6.08 Å². The molecule has 3 heteroatoms. The van der Waals surface area contributed by atoms with Crippen molar-refractivity contribution in [1.29, 1.82) is 0 Å². The summed E-state index contributed by atoms with van der Waals surface area (Å²) < 4.78 is 0. The highest BCUT2D eigenvalue weighted by Crippen LogP contribution is 2.28. The Bertz CT molecular complexity index is 769. The molecule has 0 aliphatic carbocycles. The van der Waals surface area contributed by atoms with Crippen molar-refractivity contribution < 1.29 is 15.0 Å². The van der Waals surface area contributed by atoms with Crippen LogP contribution in [0.25, 0.3) is 6.08 Å². The molecular weight excluding hydrogens is 336 g/mol. The molecule has 0 atom stereocenters. The van der Waals surface area contributed by atoms with Crippen LogP contribution in [0.2, 0.25) is 0 Å². The molecule has 0 aliphatic rings. The largest absolute Gasteiger partial charge is 0.507 e. The lowest BCUT2D eigenvalue weighted by atomic mass is 9.97. The maximum atomic E-state index is 10.8. The van der Waals surface area contributed by atoms with Crippen molar-refractivity contribution in [2.45, 2.75) is 60.3 Å². The Kier molecular flexibility index (Phi) is 9.35. The van der Waals surface area contributed by atoms with Crippen molar-refractivity contribution in [3.8, 4) is 5.75 Å². The van der Waals surface area contributed by atoms with E-state index in [4.69, 9.17) is 5.11 Å². The molecule has 0 saturated carbocycles. The van der Waals surface area contributed by atoms with Crippen molar-refractivity contribution in [2.75, 3.05) is 0 Å². The molecule has 0 bridgehead atoms. The molecular formula is C24H32O3. The fourth-order valence-corrected chi connectivity index (χ4v) is 2.65. The van der Waals surface area contributed by atoms with Gasteiger partial charge in [0.2, 0.25) is 0 Å². The first-order valence-corrected chi connectivity index (χ1v) is 9.37. The van der Waals surface area contributed by atoms with Gasteiger partial charge in [-0.3, -0.25) is 0 Å². The van der Waals surface area contributed by atoms with Crippen LogP contribution in [0, 0.1) is 0 Å². The van der Waals surface area contributed by atoms with Gasteiger partial charge in [-0.05, 0) is 95.2 Å². The first-order chi connectivity index (χ1) is 12.7. The molecule has 1 aromatic carbocycles. The topological polar surface area (TPSA) is 57.5 Å². The zero-order valence-electron chi connectivity index (χ0n) is 17.2. The summed E-state index contributed by atoms with van der Waals surface area (Å²) in [5.74, 6) is -0.682. The first kappa shape index (κ1) is 22.5. The SMILES string of the molecule is CC(C)=CCC/C(C)=C/Cc1cc(/C=C/C(=O)O)cc(CC=C(C)C)c1O. The number of allylic oxidation sites excluding steroid dienone is 6.